The minimum Gasteiger partial charge on any atom is -0.316 e. The number of rotatable bonds is 4. The molecule has 2 N–H and O–H groups in total. The molecule has 0 saturated carbocycles. The minimum absolute atomic E-state index is 0.306. The molecule has 2 rings (SSSR count). The SMILES string of the molecule is Cc1cc(Cl)ccc1S(=O)(=O)NCC1CCCNC1. The Morgan fingerprint density at radius 2 is 2.26 bits per heavy atom. The normalized spacial score (nSPS) is 20.4. The molecule has 4 nitrogen and oxygen atoms in total. The van der Waals surface area contributed by atoms with Crippen LogP contribution >= 0.6 is 11.6 Å². The van der Waals surface area contributed by atoms with Crippen molar-refractivity contribution >= 4 is 21.6 Å². The fraction of sp³-hybridized carbons (Fsp3) is 0.538. The quantitative estimate of drug-likeness (QED) is 0.893. The van der Waals surface area contributed by atoms with Crippen LogP contribution in [0, 0.1) is 12.8 Å². The molecule has 1 aliphatic heterocycles. The highest BCUT2D eigenvalue weighted by Crippen LogP contribution is 2.20. The molecule has 1 saturated heterocycles. The van der Waals surface area contributed by atoms with Crippen molar-refractivity contribution in [1.29, 1.82) is 0 Å². The van der Waals surface area contributed by atoms with Crippen molar-refractivity contribution in [2.75, 3.05) is 19.6 Å². The lowest BCUT2D eigenvalue weighted by molar-refractivity contribution is 0.376. The van der Waals surface area contributed by atoms with Crippen LogP contribution in [0.2, 0.25) is 5.02 Å². The summed E-state index contributed by atoms with van der Waals surface area (Å²) < 4.78 is 27.2. The van der Waals surface area contributed by atoms with Gasteiger partial charge in [-0.25, -0.2) is 13.1 Å². The second kappa shape index (κ2) is 6.22. The molecule has 106 valence electrons. The maximum Gasteiger partial charge on any atom is 0.240 e. The summed E-state index contributed by atoms with van der Waals surface area (Å²) in [7, 11) is -3.44. The summed E-state index contributed by atoms with van der Waals surface area (Å²) in [6, 6.07) is 4.82. The number of aryl methyl sites for hydroxylation is 1. The Kier molecular flexibility index (Phi) is 4.84. The van der Waals surface area contributed by atoms with Crippen LogP contribution in [0.15, 0.2) is 23.1 Å². The number of hydrogen-bond acceptors (Lipinski definition) is 3. The van der Waals surface area contributed by atoms with Gasteiger partial charge in [-0.15, -0.1) is 0 Å². The zero-order chi connectivity index (χ0) is 13.9. The summed E-state index contributed by atoms with van der Waals surface area (Å²) in [5.74, 6) is 0.371. The first-order valence-corrected chi connectivity index (χ1v) is 8.32. The smallest absolute Gasteiger partial charge is 0.240 e. The molecule has 0 amide bonds. The Morgan fingerprint density at radius 1 is 1.47 bits per heavy atom. The summed E-state index contributed by atoms with van der Waals surface area (Å²) >= 11 is 5.84. The van der Waals surface area contributed by atoms with Crippen LogP contribution in [0.1, 0.15) is 18.4 Å². The Balaban J connectivity index is 2.05. The van der Waals surface area contributed by atoms with Crippen molar-refractivity contribution in [3.63, 3.8) is 0 Å². The van der Waals surface area contributed by atoms with Crippen LogP contribution in [0.25, 0.3) is 0 Å². The van der Waals surface area contributed by atoms with Crippen LogP contribution in [-0.2, 0) is 10.0 Å². The van der Waals surface area contributed by atoms with Gasteiger partial charge in [0.2, 0.25) is 10.0 Å². The van der Waals surface area contributed by atoms with Crippen molar-refractivity contribution in [1.82, 2.24) is 10.0 Å². The Morgan fingerprint density at radius 3 is 2.89 bits per heavy atom. The second-order valence-corrected chi connectivity index (χ2v) is 7.15. The average Bonchev–Trinajstić information content (AvgIpc) is 2.37. The number of hydrogen-bond donors (Lipinski definition) is 2. The van der Waals surface area contributed by atoms with Gasteiger partial charge in [0, 0.05) is 11.6 Å². The monoisotopic (exact) mass is 302 g/mol. The van der Waals surface area contributed by atoms with Crippen LogP contribution in [0.4, 0.5) is 0 Å². The van der Waals surface area contributed by atoms with Gasteiger partial charge in [0.05, 0.1) is 4.90 Å². The lowest BCUT2D eigenvalue weighted by atomic mass is 10.0. The molecule has 1 unspecified atom stereocenters. The standard InChI is InChI=1S/C13H19ClN2O2S/c1-10-7-12(14)4-5-13(10)19(17,18)16-9-11-3-2-6-15-8-11/h4-5,7,11,15-16H,2-3,6,8-9H2,1H3. The summed E-state index contributed by atoms with van der Waals surface area (Å²) in [6.07, 6.45) is 2.17. The highest BCUT2D eigenvalue weighted by atomic mass is 35.5. The van der Waals surface area contributed by atoms with E-state index in [1.54, 1.807) is 25.1 Å². The molecule has 1 atom stereocenters. The third-order valence-electron chi connectivity index (χ3n) is 3.39. The lowest BCUT2D eigenvalue weighted by Gasteiger charge is -2.23. The second-order valence-electron chi connectivity index (χ2n) is 4.97. The molecule has 0 aromatic heterocycles. The molecule has 1 fully saturated rings. The Labute approximate surface area is 119 Å². The predicted octanol–water partition coefficient (Wildman–Crippen LogP) is 1.93. The van der Waals surface area contributed by atoms with Crippen molar-refractivity contribution < 1.29 is 8.42 Å². The summed E-state index contributed by atoms with van der Waals surface area (Å²) in [5.41, 5.74) is 0.668. The summed E-state index contributed by atoms with van der Waals surface area (Å²) in [6.45, 7) is 4.14. The Hall–Kier alpha value is -0.620. The lowest BCUT2D eigenvalue weighted by Crippen LogP contribution is -2.38. The van der Waals surface area contributed by atoms with E-state index in [9.17, 15) is 8.42 Å². The van der Waals surface area contributed by atoms with Crippen molar-refractivity contribution in [2.45, 2.75) is 24.7 Å². The zero-order valence-corrected chi connectivity index (χ0v) is 12.5. The molecule has 1 aromatic rings. The molecule has 6 heteroatoms. The number of sulfonamides is 1. The number of halogens is 1. The van der Waals surface area contributed by atoms with Gasteiger partial charge >= 0.3 is 0 Å². The van der Waals surface area contributed by atoms with E-state index in [2.05, 4.69) is 10.0 Å². The highest BCUT2D eigenvalue weighted by molar-refractivity contribution is 7.89. The van der Waals surface area contributed by atoms with Crippen molar-refractivity contribution in [2.24, 2.45) is 5.92 Å². The fourth-order valence-electron chi connectivity index (χ4n) is 2.32. The van der Waals surface area contributed by atoms with Gasteiger partial charge in [-0.2, -0.15) is 0 Å². The van der Waals surface area contributed by atoms with Crippen LogP contribution < -0.4 is 10.0 Å². The molecule has 1 aliphatic rings. The zero-order valence-electron chi connectivity index (χ0n) is 10.9. The van der Waals surface area contributed by atoms with Crippen molar-refractivity contribution in [3.05, 3.63) is 28.8 Å². The van der Waals surface area contributed by atoms with Crippen LogP contribution in [0.3, 0.4) is 0 Å². The molecule has 1 heterocycles. The first-order valence-electron chi connectivity index (χ1n) is 6.45. The maximum atomic E-state index is 12.2. The molecule has 0 radical (unpaired) electrons. The van der Waals surface area contributed by atoms with Crippen LogP contribution in [0.5, 0.6) is 0 Å². The molecule has 1 aromatic carbocycles. The maximum absolute atomic E-state index is 12.2. The van der Waals surface area contributed by atoms with E-state index in [4.69, 9.17) is 11.6 Å². The number of piperidine rings is 1. The minimum atomic E-state index is -3.44. The molecule has 0 spiro atoms. The molecule has 0 aliphatic carbocycles. The van der Waals surface area contributed by atoms with E-state index in [1.807, 2.05) is 0 Å². The van der Waals surface area contributed by atoms with E-state index < -0.39 is 10.0 Å². The summed E-state index contributed by atoms with van der Waals surface area (Å²) in [4.78, 5) is 0.306. The average molecular weight is 303 g/mol. The summed E-state index contributed by atoms with van der Waals surface area (Å²) in [5, 5.41) is 3.83. The predicted molar refractivity (Wildman–Crippen MR) is 77.0 cm³/mol. The van der Waals surface area contributed by atoms with Gasteiger partial charge < -0.3 is 5.32 Å². The molecule has 0 bridgehead atoms. The number of nitrogens with one attached hydrogen (secondary N) is 2. The van der Waals surface area contributed by atoms with E-state index in [-0.39, 0.29) is 0 Å². The van der Waals surface area contributed by atoms with Gasteiger partial charge in [-0.1, -0.05) is 11.6 Å². The fourth-order valence-corrected chi connectivity index (χ4v) is 3.89. The van der Waals surface area contributed by atoms with E-state index in [1.165, 1.54) is 0 Å². The molecule has 19 heavy (non-hydrogen) atoms. The first-order chi connectivity index (χ1) is 8.99. The third kappa shape index (κ3) is 3.92. The largest absolute Gasteiger partial charge is 0.316 e. The van der Waals surface area contributed by atoms with Crippen molar-refractivity contribution in [3.8, 4) is 0 Å². The number of benzene rings is 1. The van der Waals surface area contributed by atoms with Gasteiger partial charge in [0.15, 0.2) is 0 Å². The topological polar surface area (TPSA) is 58.2 Å². The van der Waals surface area contributed by atoms with Crippen LogP contribution in [-0.4, -0.2) is 28.1 Å². The molecular weight excluding hydrogens is 284 g/mol. The van der Waals surface area contributed by atoms with E-state index in [0.29, 0.717) is 27.9 Å². The first kappa shape index (κ1) is 14.8. The Bertz CT molecular complexity index is 540. The molecular formula is C13H19ClN2O2S. The van der Waals surface area contributed by atoms with E-state index >= 15 is 0 Å². The van der Waals surface area contributed by atoms with E-state index in [0.717, 1.165) is 25.9 Å². The van der Waals surface area contributed by atoms with Gasteiger partial charge in [0.1, 0.15) is 0 Å². The van der Waals surface area contributed by atoms with Gasteiger partial charge in [-0.05, 0) is 62.5 Å². The highest BCUT2D eigenvalue weighted by Gasteiger charge is 2.20. The van der Waals surface area contributed by atoms with Gasteiger partial charge in [0.25, 0.3) is 0 Å². The third-order valence-corrected chi connectivity index (χ3v) is 5.21. The van der Waals surface area contributed by atoms with Gasteiger partial charge in [-0.3, -0.25) is 0 Å².